The number of carbonyl (C=O) groups excluding carboxylic acids is 1. The van der Waals surface area contributed by atoms with Gasteiger partial charge in [0.2, 0.25) is 5.91 Å². The maximum atomic E-state index is 12.3. The Morgan fingerprint density at radius 3 is 2.95 bits per heavy atom. The molecule has 20 heavy (non-hydrogen) atoms. The summed E-state index contributed by atoms with van der Waals surface area (Å²) in [5.41, 5.74) is 1.20. The van der Waals surface area contributed by atoms with Gasteiger partial charge < -0.3 is 10.2 Å². The second-order valence-electron chi connectivity index (χ2n) is 5.72. The molecule has 2 aliphatic rings. The van der Waals surface area contributed by atoms with E-state index in [0.29, 0.717) is 12.5 Å². The summed E-state index contributed by atoms with van der Waals surface area (Å²) < 4.78 is 0. The molecule has 0 spiro atoms. The van der Waals surface area contributed by atoms with E-state index in [9.17, 15) is 4.79 Å². The molecule has 2 saturated heterocycles. The minimum Gasteiger partial charge on any atom is -0.339 e. The molecule has 2 N–H and O–H groups in total. The number of piperazine rings is 1. The SMILES string of the molecule is O=C(CN1CCC[C@@H](c2ccn[nH]2)C1)N1CCNCC1. The zero-order valence-electron chi connectivity index (χ0n) is 11.8. The molecule has 6 heteroatoms. The lowest BCUT2D eigenvalue weighted by molar-refractivity contribution is -0.133. The van der Waals surface area contributed by atoms with Gasteiger partial charge in [-0.05, 0) is 25.5 Å². The topological polar surface area (TPSA) is 64.3 Å². The van der Waals surface area contributed by atoms with Crippen molar-refractivity contribution in [3.05, 3.63) is 18.0 Å². The van der Waals surface area contributed by atoms with E-state index in [0.717, 1.165) is 45.7 Å². The Labute approximate surface area is 119 Å². The predicted molar refractivity (Wildman–Crippen MR) is 76.5 cm³/mol. The van der Waals surface area contributed by atoms with Crippen molar-refractivity contribution in [2.45, 2.75) is 18.8 Å². The number of rotatable bonds is 3. The largest absolute Gasteiger partial charge is 0.339 e. The Kier molecular flexibility index (Phi) is 4.32. The summed E-state index contributed by atoms with van der Waals surface area (Å²) in [4.78, 5) is 16.6. The molecule has 3 rings (SSSR count). The molecule has 2 aliphatic heterocycles. The highest BCUT2D eigenvalue weighted by atomic mass is 16.2. The van der Waals surface area contributed by atoms with E-state index in [-0.39, 0.29) is 5.91 Å². The standard InChI is InChI=1S/C14H23N5O/c20-14(19-8-5-15-6-9-19)11-18-7-1-2-12(10-18)13-3-4-16-17-13/h3-4,12,15H,1-2,5-11H2,(H,16,17)/t12-/m1/s1. The number of carbonyl (C=O) groups is 1. The van der Waals surface area contributed by atoms with Crippen LogP contribution >= 0.6 is 0 Å². The van der Waals surface area contributed by atoms with Gasteiger partial charge in [-0.3, -0.25) is 14.8 Å². The van der Waals surface area contributed by atoms with Crippen LogP contribution in [-0.4, -0.2) is 71.7 Å². The first-order valence-corrected chi connectivity index (χ1v) is 7.53. The maximum Gasteiger partial charge on any atom is 0.236 e. The molecule has 6 nitrogen and oxygen atoms in total. The molecule has 110 valence electrons. The van der Waals surface area contributed by atoms with Crippen LogP contribution in [0.2, 0.25) is 0 Å². The average molecular weight is 277 g/mol. The Morgan fingerprint density at radius 2 is 2.20 bits per heavy atom. The molecular formula is C14H23N5O. The highest BCUT2D eigenvalue weighted by Gasteiger charge is 2.25. The Morgan fingerprint density at radius 1 is 1.35 bits per heavy atom. The molecule has 1 aromatic heterocycles. The zero-order chi connectivity index (χ0) is 13.8. The van der Waals surface area contributed by atoms with Crippen LogP contribution in [0.4, 0.5) is 0 Å². The number of nitrogens with zero attached hydrogens (tertiary/aromatic N) is 3. The molecule has 0 aliphatic carbocycles. The van der Waals surface area contributed by atoms with Crippen LogP contribution in [0.1, 0.15) is 24.5 Å². The van der Waals surface area contributed by atoms with Gasteiger partial charge in [0.15, 0.2) is 0 Å². The van der Waals surface area contributed by atoms with Crippen LogP contribution < -0.4 is 5.32 Å². The highest BCUT2D eigenvalue weighted by Crippen LogP contribution is 2.25. The molecule has 0 saturated carbocycles. The van der Waals surface area contributed by atoms with Gasteiger partial charge in [0.05, 0.1) is 6.54 Å². The number of hydrogen-bond acceptors (Lipinski definition) is 4. The number of aromatic amines is 1. The lowest BCUT2D eigenvalue weighted by Crippen LogP contribution is -2.50. The van der Waals surface area contributed by atoms with Gasteiger partial charge in [-0.2, -0.15) is 5.10 Å². The number of H-pyrrole nitrogens is 1. The molecule has 1 atom stereocenters. The Balaban J connectivity index is 1.53. The van der Waals surface area contributed by atoms with E-state index < -0.39 is 0 Å². The van der Waals surface area contributed by atoms with Crippen molar-refractivity contribution in [2.24, 2.45) is 0 Å². The van der Waals surface area contributed by atoms with E-state index in [1.165, 1.54) is 12.1 Å². The van der Waals surface area contributed by atoms with Gasteiger partial charge in [-0.25, -0.2) is 0 Å². The zero-order valence-corrected chi connectivity index (χ0v) is 11.8. The van der Waals surface area contributed by atoms with Crippen LogP contribution in [0.3, 0.4) is 0 Å². The third kappa shape index (κ3) is 3.19. The second-order valence-corrected chi connectivity index (χ2v) is 5.72. The first-order chi connectivity index (χ1) is 9.83. The van der Waals surface area contributed by atoms with E-state index >= 15 is 0 Å². The lowest BCUT2D eigenvalue weighted by atomic mass is 9.95. The first-order valence-electron chi connectivity index (χ1n) is 7.53. The summed E-state index contributed by atoms with van der Waals surface area (Å²) in [6.07, 6.45) is 4.14. The first kappa shape index (κ1) is 13.6. The van der Waals surface area contributed by atoms with Gasteiger partial charge in [0.25, 0.3) is 0 Å². The van der Waals surface area contributed by atoms with Gasteiger partial charge in [0, 0.05) is 50.5 Å². The molecule has 1 aromatic rings. The molecule has 2 fully saturated rings. The fourth-order valence-corrected chi connectivity index (χ4v) is 3.15. The van der Waals surface area contributed by atoms with Crippen molar-refractivity contribution in [2.75, 3.05) is 45.8 Å². The summed E-state index contributed by atoms with van der Waals surface area (Å²) in [5.74, 6) is 0.763. The Bertz CT molecular complexity index is 427. The molecule has 3 heterocycles. The van der Waals surface area contributed by atoms with Gasteiger partial charge in [-0.1, -0.05) is 0 Å². The maximum absolute atomic E-state index is 12.3. The van der Waals surface area contributed by atoms with Crippen molar-refractivity contribution < 1.29 is 4.79 Å². The van der Waals surface area contributed by atoms with Crippen LogP contribution in [0.25, 0.3) is 0 Å². The van der Waals surface area contributed by atoms with Crippen molar-refractivity contribution >= 4 is 5.91 Å². The van der Waals surface area contributed by atoms with E-state index in [2.05, 4.69) is 20.4 Å². The molecule has 0 radical (unpaired) electrons. The number of hydrogen-bond donors (Lipinski definition) is 2. The normalized spacial score (nSPS) is 24.8. The Hall–Kier alpha value is -1.40. The van der Waals surface area contributed by atoms with Crippen LogP contribution in [0.5, 0.6) is 0 Å². The van der Waals surface area contributed by atoms with Crippen molar-refractivity contribution in [3.63, 3.8) is 0 Å². The van der Waals surface area contributed by atoms with Crippen LogP contribution in [-0.2, 0) is 4.79 Å². The molecule has 0 unspecified atom stereocenters. The summed E-state index contributed by atoms with van der Waals surface area (Å²) in [5, 5.41) is 10.4. The molecular weight excluding hydrogens is 254 g/mol. The van der Waals surface area contributed by atoms with Crippen molar-refractivity contribution in [3.8, 4) is 0 Å². The van der Waals surface area contributed by atoms with Crippen molar-refractivity contribution in [1.82, 2.24) is 25.3 Å². The summed E-state index contributed by atoms with van der Waals surface area (Å²) in [6.45, 7) is 6.07. The van der Waals surface area contributed by atoms with E-state index in [1.54, 1.807) is 6.20 Å². The smallest absolute Gasteiger partial charge is 0.236 e. The fraction of sp³-hybridized carbons (Fsp3) is 0.714. The molecule has 1 amide bonds. The number of piperidine rings is 1. The van der Waals surface area contributed by atoms with E-state index in [4.69, 9.17) is 0 Å². The number of aromatic nitrogens is 2. The summed E-state index contributed by atoms with van der Waals surface area (Å²) >= 11 is 0. The minimum atomic E-state index is 0.275. The minimum absolute atomic E-state index is 0.275. The van der Waals surface area contributed by atoms with Gasteiger partial charge in [0.1, 0.15) is 0 Å². The quantitative estimate of drug-likeness (QED) is 0.817. The van der Waals surface area contributed by atoms with E-state index in [1.807, 2.05) is 11.0 Å². The van der Waals surface area contributed by atoms with Crippen LogP contribution in [0.15, 0.2) is 12.3 Å². The molecule has 0 aromatic carbocycles. The number of nitrogens with one attached hydrogen (secondary N) is 2. The third-order valence-electron chi connectivity index (χ3n) is 4.30. The van der Waals surface area contributed by atoms with Crippen molar-refractivity contribution in [1.29, 1.82) is 0 Å². The highest BCUT2D eigenvalue weighted by molar-refractivity contribution is 5.78. The average Bonchev–Trinajstić information content (AvgIpc) is 3.03. The fourth-order valence-electron chi connectivity index (χ4n) is 3.15. The van der Waals surface area contributed by atoms with Gasteiger partial charge in [-0.15, -0.1) is 0 Å². The second kappa shape index (κ2) is 6.37. The molecule has 0 bridgehead atoms. The lowest BCUT2D eigenvalue weighted by Gasteiger charge is -2.34. The summed E-state index contributed by atoms with van der Waals surface area (Å²) in [6, 6.07) is 2.05. The third-order valence-corrected chi connectivity index (χ3v) is 4.30. The van der Waals surface area contributed by atoms with Crippen LogP contribution in [0, 0.1) is 0 Å². The monoisotopic (exact) mass is 277 g/mol. The summed E-state index contributed by atoms with van der Waals surface area (Å²) in [7, 11) is 0. The number of amides is 1. The predicted octanol–water partition coefficient (Wildman–Crippen LogP) is 0.0209. The number of likely N-dealkylation sites (tertiary alicyclic amines) is 1. The van der Waals surface area contributed by atoms with Gasteiger partial charge >= 0.3 is 0 Å².